The van der Waals surface area contributed by atoms with Crippen LogP contribution in [-0.2, 0) is 10.1 Å². The third-order valence-corrected chi connectivity index (χ3v) is 4.93. The zero-order valence-corrected chi connectivity index (χ0v) is 14.8. The quantitative estimate of drug-likeness (QED) is 0.764. The predicted molar refractivity (Wildman–Crippen MR) is 88.3 cm³/mol. The molecule has 0 saturated carbocycles. The monoisotopic (exact) mass is 356 g/mol. The molecule has 0 aliphatic heterocycles. The van der Waals surface area contributed by atoms with Crippen LogP contribution < -0.4 is 13.7 Å². The molecule has 23 heavy (non-hydrogen) atoms. The lowest BCUT2D eigenvalue weighted by Gasteiger charge is -2.14. The minimum atomic E-state index is -4.06. The number of benzene rings is 2. The highest BCUT2D eigenvalue weighted by atomic mass is 35.5. The van der Waals surface area contributed by atoms with Gasteiger partial charge in [0.1, 0.15) is 4.90 Å². The molecule has 2 aromatic carbocycles. The molecule has 2 aromatic rings. The van der Waals surface area contributed by atoms with E-state index in [2.05, 4.69) is 0 Å². The maximum Gasteiger partial charge on any atom is 0.339 e. The average molecular weight is 357 g/mol. The van der Waals surface area contributed by atoms with Crippen LogP contribution in [0.1, 0.15) is 11.1 Å². The lowest BCUT2D eigenvalue weighted by Crippen LogP contribution is -2.12. The number of rotatable bonds is 5. The molecule has 0 heterocycles. The van der Waals surface area contributed by atoms with Crippen LogP contribution in [-0.4, -0.2) is 22.6 Å². The molecule has 0 aliphatic carbocycles. The van der Waals surface area contributed by atoms with Gasteiger partial charge in [-0.3, -0.25) is 0 Å². The number of hydrogen-bond donors (Lipinski definition) is 0. The van der Waals surface area contributed by atoms with Gasteiger partial charge in [0.2, 0.25) is 0 Å². The Balaban J connectivity index is 2.49. The molecule has 2 rings (SSSR count). The molecule has 0 bridgehead atoms. The highest BCUT2D eigenvalue weighted by Gasteiger charge is 2.23. The third-order valence-electron chi connectivity index (χ3n) is 3.24. The second kappa shape index (κ2) is 6.68. The first-order chi connectivity index (χ1) is 10.8. The summed E-state index contributed by atoms with van der Waals surface area (Å²) in [5.74, 6) is 0.828. The minimum absolute atomic E-state index is 0.00674. The molecule has 0 saturated heterocycles. The van der Waals surface area contributed by atoms with Crippen molar-refractivity contribution >= 4 is 21.7 Å². The molecule has 0 fully saturated rings. The van der Waals surface area contributed by atoms with Crippen molar-refractivity contribution in [3.8, 4) is 17.2 Å². The van der Waals surface area contributed by atoms with Crippen molar-refractivity contribution in [3.63, 3.8) is 0 Å². The molecule has 0 radical (unpaired) electrons. The molecule has 7 heteroatoms. The summed E-state index contributed by atoms with van der Waals surface area (Å²) in [5, 5.41) is 0.220. The molecule has 0 aromatic heterocycles. The van der Waals surface area contributed by atoms with Crippen LogP contribution in [0.2, 0.25) is 5.02 Å². The van der Waals surface area contributed by atoms with Crippen LogP contribution in [0.4, 0.5) is 0 Å². The second-order valence-electron chi connectivity index (χ2n) is 4.94. The summed E-state index contributed by atoms with van der Waals surface area (Å²) in [7, 11) is -1.15. The Bertz CT molecular complexity index is 831. The molecule has 0 atom stereocenters. The summed E-state index contributed by atoms with van der Waals surface area (Å²) in [6, 6.07) is 7.86. The summed E-state index contributed by atoms with van der Waals surface area (Å²) in [4.78, 5) is -0.00674. The predicted octanol–water partition coefficient (Wildman–Crippen LogP) is 3.74. The van der Waals surface area contributed by atoms with Crippen molar-refractivity contribution in [2.45, 2.75) is 18.7 Å². The van der Waals surface area contributed by atoms with Crippen LogP contribution in [0.5, 0.6) is 17.2 Å². The van der Waals surface area contributed by atoms with Gasteiger partial charge in [-0.2, -0.15) is 8.42 Å². The van der Waals surface area contributed by atoms with E-state index in [9.17, 15) is 8.42 Å². The Morgan fingerprint density at radius 1 is 0.913 bits per heavy atom. The standard InChI is InChI=1S/C16H17ClO5S/c1-10-5-6-12(17)13(7-10)22-23(18,19)16-9-15(21-4)14(20-3)8-11(16)2/h5-9H,1-4H3. The Hall–Kier alpha value is -1.92. The van der Waals surface area contributed by atoms with Gasteiger partial charge in [0.25, 0.3) is 0 Å². The van der Waals surface area contributed by atoms with Crippen LogP contribution in [0.25, 0.3) is 0 Å². The van der Waals surface area contributed by atoms with E-state index in [1.807, 2.05) is 6.92 Å². The van der Waals surface area contributed by atoms with Crippen molar-refractivity contribution in [3.05, 3.63) is 46.5 Å². The highest BCUT2D eigenvalue weighted by molar-refractivity contribution is 7.87. The van der Waals surface area contributed by atoms with E-state index in [4.69, 9.17) is 25.3 Å². The molecule has 5 nitrogen and oxygen atoms in total. The second-order valence-corrected chi connectivity index (χ2v) is 6.87. The first-order valence-electron chi connectivity index (χ1n) is 6.71. The number of halogens is 1. The number of aryl methyl sites for hydroxylation is 2. The molecular formula is C16H17ClO5S. The first kappa shape index (κ1) is 17.4. The summed E-state index contributed by atoms with van der Waals surface area (Å²) < 4.78 is 40.7. The van der Waals surface area contributed by atoms with Crippen LogP contribution >= 0.6 is 11.6 Å². The third kappa shape index (κ3) is 3.71. The van der Waals surface area contributed by atoms with Gasteiger partial charge >= 0.3 is 10.1 Å². The first-order valence-corrected chi connectivity index (χ1v) is 8.50. The summed E-state index contributed by atoms with van der Waals surface area (Å²) in [6.07, 6.45) is 0. The molecule has 0 amide bonds. The van der Waals surface area contributed by atoms with E-state index in [-0.39, 0.29) is 15.7 Å². The van der Waals surface area contributed by atoms with Gasteiger partial charge in [0.15, 0.2) is 17.2 Å². The van der Waals surface area contributed by atoms with Crippen LogP contribution in [0.3, 0.4) is 0 Å². The minimum Gasteiger partial charge on any atom is -0.493 e. The van der Waals surface area contributed by atoms with E-state index in [0.29, 0.717) is 17.1 Å². The fourth-order valence-electron chi connectivity index (χ4n) is 2.07. The van der Waals surface area contributed by atoms with Crippen molar-refractivity contribution in [2.75, 3.05) is 14.2 Å². The van der Waals surface area contributed by atoms with Gasteiger partial charge in [-0.1, -0.05) is 17.7 Å². The SMILES string of the molecule is COc1cc(C)c(S(=O)(=O)Oc2cc(C)ccc2Cl)cc1OC. The molecule has 0 spiro atoms. The van der Waals surface area contributed by atoms with Crippen LogP contribution in [0, 0.1) is 13.8 Å². The maximum atomic E-state index is 12.6. The number of ether oxygens (including phenoxy) is 2. The Kier molecular flexibility index (Phi) is 5.06. The van der Waals surface area contributed by atoms with Gasteiger partial charge in [0, 0.05) is 6.07 Å². The van der Waals surface area contributed by atoms with E-state index in [0.717, 1.165) is 5.56 Å². The highest BCUT2D eigenvalue weighted by Crippen LogP contribution is 2.34. The Morgan fingerprint density at radius 3 is 2.13 bits per heavy atom. The number of hydrogen-bond acceptors (Lipinski definition) is 5. The zero-order valence-electron chi connectivity index (χ0n) is 13.2. The molecular weight excluding hydrogens is 340 g/mol. The lowest BCUT2D eigenvalue weighted by atomic mass is 10.2. The fraction of sp³-hybridized carbons (Fsp3) is 0.250. The summed E-state index contributed by atoms with van der Waals surface area (Å²) in [6.45, 7) is 3.47. The van der Waals surface area contributed by atoms with E-state index >= 15 is 0 Å². The van der Waals surface area contributed by atoms with Crippen LogP contribution in [0.15, 0.2) is 35.2 Å². The maximum absolute atomic E-state index is 12.6. The average Bonchev–Trinajstić information content (AvgIpc) is 2.50. The molecule has 0 unspecified atom stereocenters. The molecule has 0 aliphatic rings. The topological polar surface area (TPSA) is 61.8 Å². The largest absolute Gasteiger partial charge is 0.493 e. The smallest absolute Gasteiger partial charge is 0.339 e. The number of methoxy groups -OCH3 is 2. The Morgan fingerprint density at radius 2 is 1.52 bits per heavy atom. The van der Waals surface area contributed by atoms with Gasteiger partial charge in [0.05, 0.1) is 19.2 Å². The van der Waals surface area contributed by atoms with Gasteiger partial charge in [-0.15, -0.1) is 0 Å². The fourth-order valence-corrected chi connectivity index (χ4v) is 3.44. The van der Waals surface area contributed by atoms with Gasteiger partial charge < -0.3 is 13.7 Å². The van der Waals surface area contributed by atoms with Crippen molar-refractivity contribution < 1.29 is 22.1 Å². The Labute approximate surface area is 140 Å². The van der Waals surface area contributed by atoms with Gasteiger partial charge in [-0.25, -0.2) is 0 Å². The van der Waals surface area contributed by atoms with E-state index in [1.54, 1.807) is 31.2 Å². The van der Waals surface area contributed by atoms with Crippen molar-refractivity contribution in [1.82, 2.24) is 0 Å². The summed E-state index contributed by atoms with van der Waals surface area (Å²) >= 11 is 6.00. The van der Waals surface area contributed by atoms with Gasteiger partial charge in [-0.05, 0) is 43.2 Å². The van der Waals surface area contributed by atoms with E-state index < -0.39 is 10.1 Å². The van der Waals surface area contributed by atoms with Crippen molar-refractivity contribution in [2.24, 2.45) is 0 Å². The lowest BCUT2D eigenvalue weighted by molar-refractivity contribution is 0.353. The zero-order chi connectivity index (χ0) is 17.2. The molecule has 0 N–H and O–H groups in total. The molecule has 124 valence electrons. The normalized spacial score (nSPS) is 11.2. The summed E-state index contributed by atoms with van der Waals surface area (Å²) in [5.41, 5.74) is 1.31. The van der Waals surface area contributed by atoms with E-state index in [1.165, 1.54) is 20.3 Å². The van der Waals surface area contributed by atoms with Crippen molar-refractivity contribution in [1.29, 1.82) is 0 Å².